The first-order valence-corrected chi connectivity index (χ1v) is 20.0. The molecule has 4 aromatic rings. The summed E-state index contributed by atoms with van der Waals surface area (Å²) in [5.74, 6) is -0.502. The van der Waals surface area contributed by atoms with Crippen molar-refractivity contribution in [1.82, 2.24) is 45.4 Å². The Bertz CT molecular complexity index is 2370. The van der Waals surface area contributed by atoms with Crippen molar-refractivity contribution < 1.29 is 33.5 Å². The van der Waals surface area contributed by atoms with E-state index in [0.29, 0.717) is 52.5 Å². The van der Waals surface area contributed by atoms with E-state index in [-0.39, 0.29) is 42.2 Å². The van der Waals surface area contributed by atoms with Gasteiger partial charge >= 0.3 is 0 Å². The fraction of sp³-hybridized carbons (Fsp3) is 0.415. The van der Waals surface area contributed by atoms with Gasteiger partial charge in [-0.25, -0.2) is 4.98 Å². The number of nitrogens with one attached hydrogen (secondary N) is 4. The van der Waals surface area contributed by atoms with E-state index >= 15 is 0 Å². The van der Waals surface area contributed by atoms with E-state index < -0.39 is 35.6 Å². The Hall–Kier alpha value is -6.76. The molecule has 0 saturated carbocycles. The second-order valence-electron chi connectivity index (χ2n) is 15.6. The molecule has 0 bridgehead atoms. The summed E-state index contributed by atoms with van der Waals surface area (Å²) in [6.07, 6.45) is 5.21. The molecular formula is C41H46N12O7. The van der Waals surface area contributed by atoms with Gasteiger partial charge in [-0.1, -0.05) is 6.07 Å². The molecule has 60 heavy (non-hydrogen) atoms. The fourth-order valence-corrected chi connectivity index (χ4v) is 8.44. The van der Waals surface area contributed by atoms with Crippen LogP contribution in [0.4, 0.5) is 22.9 Å². The van der Waals surface area contributed by atoms with Gasteiger partial charge in [0.2, 0.25) is 17.7 Å². The summed E-state index contributed by atoms with van der Waals surface area (Å²) in [6, 6.07) is 11.3. The van der Waals surface area contributed by atoms with Crippen molar-refractivity contribution in [1.29, 1.82) is 0 Å². The minimum absolute atomic E-state index is 0.0360. The molecule has 3 fully saturated rings. The molecule has 6 amide bonds. The molecule has 6 heterocycles. The van der Waals surface area contributed by atoms with Crippen LogP contribution in [-0.4, -0.2) is 123 Å². The number of benzene rings is 2. The number of rotatable bonds is 13. The second-order valence-corrected chi connectivity index (χ2v) is 15.6. The number of carbonyl (C=O) groups is 6. The standard InChI is InChI=1S/C41H46N12O7/c1-42-39(57)35-30(44-29-6-4-5-27(36(29)60-3)37-43-22-50(2)49-37)19-32(47-48-35)45-34(55)13-16-51-14-11-23(12-15-51)17-24-20-52(21-24)25-7-8-26-28(18-25)41(59)53(40(26)58)31-9-10-33(54)46-38(31)56/h4-8,18-19,22-24,31H,9-17,20-21H2,1-3H3,(H,42,57)(H,46,54,56)(H2,44,45,47,55). The van der Waals surface area contributed by atoms with Crippen LogP contribution in [0.15, 0.2) is 48.8 Å². The highest BCUT2D eigenvalue weighted by atomic mass is 16.5. The van der Waals surface area contributed by atoms with Crippen molar-refractivity contribution in [2.75, 3.05) is 62.4 Å². The number of amides is 6. The van der Waals surface area contributed by atoms with Crippen LogP contribution in [0.25, 0.3) is 11.4 Å². The molecule has 4 aliphatic heterocycles. The first kappa shape index (κ1) is 40.0. The second kappa shape index (κ2) is 16.8. The van der Waals surface area contributed by atoms with Crippen LogP contribution >= 0.6 is 0 Å². The molecule has 312 valence electrons. The van der Waals surface area contributed by atoms with Gasteiger partial charge in [0.1, 0.15) is 12.4 Å². The van der Waals surface area contributed by atoms with E-state index in [1.54, 1.807) is 42.3 Å². The largest absolute Gasteiger partial charge is 0.494 e. The van der Waals surface area contributed by atoms with Crippen LogP contribution in [-0.2, 0) is 21.4 Å². The SMILES string of the molecule is CNC(=O)c1nnc(NC(=O)CCN2CCC(CC3CN(c4ccc5c(c4)C(=O)N(C4CCC(=O)NC4=O)C5=O)C3)CC2)cc1Nc1cccc(-c2ncn(C)n2)c1OC. The molecule has 0 radical (unpaired) electrons. The Morgan fingerprint density at radius 1 is 0.917 bits per heavy atom. The third kappa shape index (κ3) is 8.12. The summed E-state index contributed by atoms with van der Waals surface area (Å²) in [7, 11) is 4.80. The zero-order valence-corrected chi connectivity index (χ0v) is 33.6. The maximum Gasteiger partial charge on any atom is 0.273 e. The molecule has 0 spiro atoms. The third-order valence-electron chi connectivity index (χ3n) is 11.6. The molecule has 1 atom stereocenters. The van der Waals surface area contributed by atoms with Crippen LogP contribution in [0.3, 0.4) is 0 Å². The quantitative estimate of drug-likeness (QED) is 0.142. The maximum absolute atomic E-state index is 13.3. The number of hydrogen-bond donors (Lipinski definition) is 4. The number of fused-ring (bicyclic) bond motifs is 1. The fourth-order valence-electron chi connectivity index (χ4n) is 8.44. The number of nitrogens with zero attached hydrogens (tertiary/aromatic N) is 8. The number of likely N-dealkylation sites (tertiary alicyclic amines) is 1. The number of ether oxygens (including phenoxy) is 1. The summed E-state index contributed by atoms with van der Waals surface area (Å²) in [4.78, 5) is 86.0. The first-order chi connectivity index (χ1) is 29.0. The molecule has 0 aliphatic carbocycles. The normalized spacial score (nSPS) is 18.6. The molecule has 2 aromatic carbocycles. The lowest BCUT2D eigenvalue weighted by molar-refractivity contribution is -0.136. The predicted octanol–water partition coefficient (Wildman–Crippen LogP) is 2.35. The minimum atomic E-state index is -0.986. The summed E-state index contributed by atoms with van der Waals surface area (Å²) >= 11 is 0. The van der Waals surface area contributed by atoms with Crippen LogP contribution in [0.1, 0.15) is 69.7 Å². The Balaban J connectivity index is 0.800. The van der Waals surface area contributed by atoms with Gasteiger partial charge in [-0.05, 0) is 80.9 Å². The Kier molecular flexibility index (Phi) is 11.2. The van der Waals surface area contributed by atoms with Crippen LogP contribution in [0, 0.1) is 11.8 Å². The molecule has 2 aromatic heterocycles. The van der Waals surface area contributed by atoms with Crippen molar-refractivity contribution in [3.63, 3.8) is 0 Å². The van der Waals surface area contributed by atoms with Crippen molar-refractivity contribution in [2.45, 2.75) is 44.6 Å². The summed E-state index contributed by atoms with van der Waals surface area (Å²) in [5, 5.41) is 23.5. The first-order valence-electron chi connectivity index (χ1n) is 20.0. The summed E-state index contributed by atoms with van der Waals surface area (Å²) < 4.78 is 7.31. The number of anilines is 4. The van der Waals surface area contributed by atoms with E-state index in [4.69, 9.17) is 4.74 Å². The Morgan fingerprint density at radius 2 is 1.70 bits per heavy atom. The molecule has 19 heteroatoms. The third-order valence-corrected chi connectivity index (χ3v) is 11.6. The topological polar surface area (TPSA) is 226 Å². The van der Waals surface area contributed by atoms with E-state index in [1.165, 1.54) is 14.2 Å². The number of aryl methyl sites for hydroxylation is 1. The summed E-state index contributed by atoms with van der Waals surface area (Å²) in [5.41, 5.74) is 2.97. The molecule has 1 unspecified atom stereocenters. The molecule has 4 N–H and O–H groups in total. The number of aromatic nitrogens is 5. The number of para-hydroxylation sites is 1. The average molecular weight is 819 g/mol. The molecule has 19 nitrogen and oxygen atoms in total. The Labute approximate surface area is 345 Å². The van der Waals surface area contributed by atoms with Gasteiger partial charge in [-0.15, -0.1) is 10.2 Å². The van der Waals surface area contributed by atoms with Crippen molar-refractivity contribution in [3.05, 3.63) is 65.6 Å². The number of imide groups is 2. The van der Waals surface area contributed by atoms with E-state index in [2.05, 4.69) is 51.3 Å². The highest BCUT2D eigenvalue weighted by Gasteiger charge is 2.45. The predicted molar refractivity (Wildman–Crippen MR) is 218 cm³/mol. The Morgan fingerprint density at radius 3 is 2.42 bits per heavy atom. The minimum Gasteiger partial charge on any atom is -0.494 e. The monoisotopic (exact) mass is 818 g/mol. The highest BCUT2D eigenvalue weighted by Crippen LogP contribution is 2.38. The van der Waals surface area contributed by atoms with Gasteiger partial charge in [0.05, 0.1) is 35.2 Å². The molecule has 3 saturated heterocycles. The van der Waals surface area contributed by atoms with Crippen molar-refractivity contribution in [3.8, 4) is 17.1 Å². The van der Waals surface area contributed by atoms with Crippen molar-refractivity contribution in [2.24, 2.45) is 18.9 Å². The number of carbonyl (C=O) groups excluding carboxylic acids is 6. The van der Waals surface area contributed by atoms with Gasteiger partial charge in [0, 0.05) is 58.3 Å². The van der Waals surface area contributed by atoms with E-state index in [0.717, 1.165) is 56.0 Å². The highest BCUT2D eigenvalue weighted by molar-refractivity contribution is 6.23. The lowest BCUT2D eigenvalue weighted by Gasteiger charge is -2.44. The lowest BCUT2D eigenvalue weighted by atomic mass is 9.83. The van der Waals surface area contributed by atoms with Gasteiger partial charge < -0.3 is 30.5 Å². The lowest BCUT2D eigenvalue weighted by Crippen LogP contribution is -2.54. The molecule has 8 rings (SSSR count). The number of methoxy groups -OCH3 is 1. The smallest absolute Gasteiger partial charge is 0.273 e. The van der Waals surface area contributed by atoms with Gasteiger partial charge in [0.15, 0.2) is 23.1 Å². The zero-order chi connectivity index (χ0) is 42.1. The maximum atomic E-state index is 13.3. The molecular weight excluding hydrogens is 773 g/mol. The van der Waals surface area contributed by atoms with Gasteiger partial charge in [-0.2, -0.15) is 5.10 Å². The van der Waals surface area contributed by atoms with Crippen LogP contribution in [0.5, 0.6) is 5.75 Å². The molecule has 4 aliphatic rings. The number of piperidine rings is 2. The van der Waals surface area contributed by atoms with Crippen LogP contribution < -0.4 is 30.9 Å². The van der Waals surface area contributed by atoms with E-state index in [1.807, 2.05) is 18.2 Å². The van der Waals surface area contributed by atoms with Gasteiger partial charge in [0.25, 0.3) is 17.7 Å². The van der Waals surface area contributed by atoms with Gasteiger partial charge in [-0.3, -0.25) is 43.7 Å². The van der Waals surface area contributed by atoms with E-state index in [9.17, 15) is 28.8 Å². The zero-order valence-electron chi connectivity index (χ0n) is 33.6. The van der Waals surface area contributed by atoms with Crippen LogP contribution in [0.2, 0.25) is 0 Å². The average Bonchev–Trinajstić information content (AvgIpc) is 3.77. The number of hydrogen-bond acceptors (Lipinski definition) is 14. The van der Waals surface area contributed by atoms with Crippen molar-refractivity contribution >= 4 is 58.3 Å². The summed E-state index contributed by atoms with van der Waals surface area (Å²) in [6.45, 7) is 4.08.